The Bertz CT molecular complexity index is 1160. The van der Waals surface area contributed by atoms with Crippen LogP contribution in [0.3, 0.4) is 0 Å². The fourth-order valence-electron chi connectivity index (χ4n) is 2.95. The van der Waals surface area contributed by atoms with Crippen LogP contribution in [0.4, 0.5) is 0 Å². The Morgan fingerprint density at radius 3 is 2.35 bits per heavy atom. The number of sulfone groups is 1. The molecule has 6 nitrogen and oxygen atoms in total. The number of hydrogen-bond acceptors (Lipinski definition) is 7. The topological polar surface area (TPSA) is 83.6 Å². The van der Waals surface area contributed by atoms with Gasteiger partial charge in [-0.3, -0.25) is 5.21 Å². The lowest BCUT2D eigenvalue weighted by Gasteiger charge is -2.10. The summed E-state index contributed by atoms with van der Waals surface area (Å²) in [6.45, 7) is 0. The monoisotopic (exact) mass is 496 g/mol. The summed E-state index contributed by atoms with van der Waals surface area (Å²) in [5.74, 6) is 1.40. The van der Waals surface area contributed by atoms with Crippen LogP contribution in [0, 0.1) is 0 Å². The molecule has 0 aliphatic heterocycles. The lowest BCUT2D eigenvalue weighted by Crippen LogP contribution is -2.17. The molecule has 1 aromatic heterocycles. The number of halogens is 1. The lowest BCUT2D eigenvalue weighted by atomic mass is 9.98. The van der Waals surface area contributed by atoms with Gasteiger partial charge in [-0.1, -0.05) is 65.0 Å². The fourth-order valence-corrected chi connectivity index (χ4v) is 4.61. The Balaban J connectivity index is 1.92. The van der Waals surface area contributed by atoms with Crippen molar-refractivity contribution in [1.29, 1.82) is 0 Å². The largest absolute Gasteiger partial charge is 0.360 e. The minimum atomic E-state index is -3.29. The highest BCUT2D eigenvalue weighted by atomic mass is 35.5. The van der Waals surface area contributed by atoms with E-state index in [9.17, 15) is 13.6 Å². The van der Waals surface area contributed by atoms with Crippen molar-refractivity contribution in [3.8, 4) is 22.4 Å². The Morgan fingerprint density at radius 2 is 1.77 bits per heavy atom. The fraction of sp³-hybridized carbons (Fsp3) is 0.238. The number of aryl methyl sites for hydroxylation is 1. The number of benzene rings is 2. The van der Waals surface area contributed by atoms with Gasteiger partial charge in [0.05, 0.1) is 10.5 Å². The molecule has 0 aliphatic rings. The molecule has 0 spiro atoms. The molecule has 0 fully saturated rings. The molecule has 31 heavy (non-hydrogen) atoms. The first-order valence-corrected chi connectivity index (χ1v) is 13.0. The predicted octanol–water partition coefficient (Wildman–Crippen LogP) is 5.34. The molecular formula is C21H21ClN2O4S3. The Labute approximate surface area is 196 Å². The molecule has 0 radical (unpaired) electrons. The number of rotatable bonds is 7. The molecule has 0 aliphatic carbocycles. The van der Waals surface area contributed by atoms with Gasteiger partial charge in [-0.15, -0.1) is 0 Å². The van der Waals surface area contributed by atoms with Gasteiger partial charge >= 0.3 is 0 Å². The van der Waals surface area contributed by atoms with E-state index in [0.717, 1.165) is 28.2 Å². The molecule has 0 amide bonds. The van der Waals surface area contributed by atoms with Crippen LogP contribution in [0.15, 0.2) is 57.9 Å². The van der Waals surface area contributed by atoms with E-state index < -0.39 is 9.84 Å². The van der Waals surface area contributed by atoms with Crippen LogP contribution < -0.4 is 0 Å². The number of thioether (sulfide) groups is 1. The van der Waals surface area contributed by atoms with Gasteiger partial charge in [0.2, 0.25) is 0 Å². The minimum absolute atomic E-state index is 0.250. The average Bonchev–Trinajstić information content (AvgIpc) is 3.14. The van der Waals surface area contributed by atoms with Crippen LogP contribution in [-0.2, 0) is 16.3 Å². The summed E-state index contributed by atoms with van der Waals surface area (Å²) in [5, 5.41) is 15.2. The first-order chi connectivity index (χ1) is 14.7. The van der Waals surface area contributed by atoms with Crippen LogP contribution in [0.2, 0.25) is 5.02 Å². The number of thiocarbonyl (C=S) groups is 1. The van der Waals surface area contributed by atoms with Crippen molar-refractivity contribution >= 4 is 49.7 Å². The van der Waals surface area contributed by atoms with Gasteiger partial charge in [0.1, 0.15) is 11.5 Å². The molecule has 164 valence electrons. The molecule has 3 aromatic rings. The van der Waals surface area contributed by atoms with E-state index in [0.29, 0.717) is 33.0 Å². The summed E-state index contributed by atoms with van der Waals surface area (Å²) in [5.41, 5.74) is 3.14. The zero-order chi connectivity index (χ0) is 22.6. The number of nitrogens with zero attached hydrogens (tertiary/aromatic N) is 2. The SMILES string of the molecule is CN(O)C(=S)SCCCc1onc(-c2ccc(Cl)cc2)c1-c1ccc(S(C)(=O)=O)cc1. The summed E-state index contributed by atoms with van der Waals surface area (Å²) in [6.07, 6.45) is 2.54. The number of aromatic nitrogens is 1. The molecule has 10 heteroatoms. The van der Waals surface area contributed by atoms with E-state index >= 15 is 0 Å². The maximum absolute atomic E-state index is 11.8. The van der Waals surface area contributed by atoms with Gasteiger partial charge < -0.3 is 4.52 Å². The van der Waals surface area contributed by atoms with Crippen LogP contribution in [0.5, 0.6) is 0 Å². The molecule has 1 heterocycles. The summed E-state index contributed by atoms with van der Waals surface area (Å²) >= 11 is 12.5. The quantitative estimate of drug-likeness (QED) is 0.266. The van der Waals surface area contributed by atoms with Gasteiger partial charge in [0.15, 0.2) is 14.2 Å². The molecule has 0 atom stereocenters. The van der Waals surface area contributed by atoms with Crippen LogP contribution in [0.25, 0.3) is 22.4 Å². The lowest BCUT2D eigenvalue weighted by molar-refractivity contribution is 0.0205. The standard InChI is InChI=1S/C21H21ClN2O4S3/c1-24(25)21(29)30-13-3-4-18-19(14-7-11-17(12-8-14)31(2,26)27)20(23-28-18)15-5-9-16(22)10-6-15/h5-12,25H,3-4,13H2,1-2H3. The Hall–Kier alpha value is -1.91. The van der Waals surface area contributed by atoms with Crippen LogP contribution in [-0.4, -0.2) is 47.2 Å². The zero-order valence-corrected chi connectivity index (χ0v) is 20.1. The Morgan fingerprint density at radius 1 is 1.16 bits per heavy atom. The highest BCUT2D eigenvalue weighted by molar-refractivity contribution is 8.22. The van der Waals surface area contributed by atoms with Crippen molar-refractivity contribution in [2.45, 2.75) is 17.7 Å². The van der Waals surface area contributed by atoms with Crippen molar-refractivity contribution in [2.75, 3.05) is 19.1 Å². The van der Waals surface area contributed by atoms with Crippen LogP contribution in [0.1, 0.15) is 12.2 Å². The average molecular weight is 497 g/mol. The molecule has 2 aromatic carbocycles. The third kappa shape index (κ3) is 6.08. The second kappa shape index (κ2) is 10.1. The van der Waals surface area contributed by atoms with E-state index in [1.807, 2.05) is 12.1 Å². The molecule has 0 unspecified atom stereocenters. The highest BCUT2D eigenvalue weighted by Crippen LogP contribution is 2.36. The molecule has 3 rings (SSSR count). The van der Waals surface area contributed by atoms with Gasteiger partial charge in [0, 0.05) is 36.1 Å². The van der Waals surface area contributed by atoms with E-state index in [1.54, 1.807) is 36.4 Å². The maximum Gasteiger partial charge on any atom is 0.175 e. The Kier molecular flexibility index (Phi) is 7.77. The van der Waals surface area contributed by atoms with Gasteiger partial charge in [-0.05, 0) is 36.2 Å². The summed E-state index contributed by atoms with van der Waals surface area (Å²) in [6, 6.07) is 14.0. The van der Waals surface area contributed by atoms with Gasteiger partial charge in [0.25, 0.3) is 0 Å². The maximum atomic E-state index is 11.8. The third-order valence-corrected chi connectivity index (χ3v) is 7.49. The summed E-state index contributed by atoms with van der Waals surface area (Å²) in [7, 11) is -1.80. The molecule has 1 N–H and O–H groups in total. The highest BCUT2D eigenvalue weighted by Gasteiger charge is 2.20. The van der Waals surface area contributed by atoms with E-state index in [4.69, 9.17) is 28.3 Å². The van der Waals surface area contributed by atoms with E-state index in [2.05, 4.69) is 5.16 Å². The van der Waals surface area contributed by atoms with E-state index in [-0.39, 0.29) is 4.90 Å². The number of hydroxylamine groups is 2. The summed E-state index contributed by atoms with van der Waals surface area (Å²) in [4.78, 5) is 0.250. The normalized spacial score (nSPS) is 11.5. The molecule has 0 bridgehead atoms. The first kappa shape index (κ1) is 23.7. The smallest absolute Gasteiger partial charge is 0.175 e. The van der Waals surface area contributed by atoms with Crippen LogP contribution >= 0.6 is 35.6 Å². The first-order valence-electron chi connectivity index (χ1n) is 9.31. The van der Waals surface area contributed by atoms with Gasteiger partial charge in [-0.2, -0.15) is 0 Å². The zero-order valence-electron chi connectivity index (χ0n) is 16.9. The van der Waals surface area contributed by atoms with Crippen molar-refractivity contribution in [1.82, 2.24) is 10.2 Å². The summed E-state index contributed by atoms with van der Waals surface area (Å²) < 4.78 is 29.7. The van der Waals surface area contributed by atoms with Gasteiger partial charge in [-0.25, -0.2) is 13.5 Å². The van der Waals surface area contributed by atoms with E-state index in [1.165, 1.54) is 25.1 Å². The third-order valence-electron chi connectivity index (χ3n) is 4.49. The molecule has 0 saturated heterocycles. The van der Waals surface area contributed by atoms with Crippen molar-refractivity contribution in [3.63, 3.8) is 0 Å². The second-order valence-electron chi connectivity index (χ2n) is 6.87. The predicted molar refractivity (Wildman–Crippen MR) is 128 cm³/mol. The second-order valence-corrected chi connectivity index (χ2v) is 11.1. The van der Waals surface area contributed by atoms with Crippen molar-refractivity contribution < 1.29 is 18.1 Å². The minimum Gasteiger partial charge on any atom is -0.360 e. The molecular weight excluding hydrogens is 476 g/mol. The molecule has 0 saturated carbocycles. The number of hydrogen-bond donors (Lipinski definition) is 1. The van der Waals surface area contributed by atoms with Crippen molar-refractivity contribution in [3.05, 3.63) is 59.3 Å². The van der Waals surface area contributed by atoms with Crippen molar-refractivity contribution in [2.24, 2.45) is 0 Å².